The summed E-state index contributed by atoms with van der Waals surface area (Å²) in [6.07, 6.45) is -3.34. The summed E-state index contributed by atoms with van der Waals surface area (Å²) in [5.41, 5.74) is 0.116. The van der Waals surface area contributed by atoms with Gasteiger partial charge in [0.25, 0.3) is 0 Å². The molecular formula is C20H22F3NO3S. The van der Waals surface area contributed by atoms with E-state index in [0.717, 1.165) is 17.7 Å². The summed E-state index contributed by atoms with van der Waals surface area (Å²) in [5.74, 6) is 0.233. The number of alkyl halides is 3. The summed E-state index contributed by atoms with van der Waals surface area (Å²) in [6.45, 7) is 1.59. The van der Waals surface area contributed by atoms with Gasteiger partial charge in [0.05, 0.1) is 17.1 Å². The van der Waals surface area contributed by atoms with Crippen LogP contribution in [0.3, 0.4) is 0 Å². The van der Waals surface area contributed by atoms with E-state index < -0.39 is 21.8 Å². The molecule has 0 amide bonds. The number of benzene rings is 2. The smallest absolute Gasteiger partial charge is 0.376 e. The van der Waals surface area contributed by atoms with Gasteiger partial charge in [-0.3, -0.25) is 0 Å². The van der Waals surface area contributed by atoms with Gasteiger partial charge >= 0.3 is 6.18 Å². The Hall–Kier alpha value is -1.90. The van der Waals surface area contributed by atoms with Crippen LogP contribution in [0.1, 0.15) is 24.0 Å². The van der Waals surface area contributed by atoms with E-state index in [4.69, 9.17) is 4.74 Å². The Labute approximate surface area is 163 Å². The van der Waals surface area contributed by atoms with E-state index in [2.05, 4.69) is 0 Å². The van der Waals surface area contributed by atoms with Crippen molar-refractivity contribution in [3.05, 3.63) is 65.7 Å². The van der Waals surface area contributed by atoms with Crippen molar-refractivity contribution in [1.82, 2.24) is 4.31 Å². The number of nitrogens with zero attached hydrogens (tertiary/aromatic N) is 1. The molecule has 28 heavy (non-hydrogen) atoms. The molecule has 3 rings (SSSR count). The molecule has 0 saturated carbocycles. The zero-order chi connectivity index (χ0) is 20.2. The van der Waals surface area contributed by atoms with Crippen molar-refractivity contribution in [2.75, 3.05) is 19.7 Å². The molecule has 1 heterocycles. The SMILES string of the molecule is O=S(=O)(c1cccc(C(F)(F)F)c1)N1CCC(COCc2ccccc2)CC1. The number of sulfonamides is 1. The van der Waals surface area contributed by atoms with E-state index in [1.54, 1.807) is 0 Å². The zero-order valence-electron chi connectivity index (χ0n) is 15.2. The quantitative estimate of drug-likeness (QED) is 0.709. The molecule has 152 valence electrons. The second-order valence-electron chi connectivity index (χ2n) is 6.87. The molecule has 0 radical (unpaired) electrons. The van der Waals surface area contributed by atoms with Crippen molar-refractivity contribution in [1.29, 1.82) is 0 Å². The van der Waals surface area contributed by atoms with Gasteiger partial charge in [0.2, 0.25) is 10.0 Å². The molecule has 0 unspecified atom stereocenters. The van der Waals surface area contributed by atoms with E-state index in [-0.39, 0.29) is 23.9 Å². The number of hydrogen-bond donors (Lipinski definition) is 0. The van der Waals surface area contributed by atoms with Crippen molar-refractivity contribution in [2.24, 2.45) is 5.92 Å². The van der Waals surface area contributed by atoms with Crippen LogP contribution in [0.4, 0.5) is 13.2 Å². The van der Waals surface area contributed by atoms with Crippen LogP contribution < -0.4 is 0 Å². The lowest BCUT2D eigenvalue weighted by atomic mass is 9.99. The first-order chi connectivity index (χ1) is 13.3. The fraction of sp³-hybridized carbons (Fsp3) is 0.400. The Bertz CT molecular complexity index is 877. The number of rotatable bonds is 6. The topological polar surface area (TPSA) is 46.6 Å². The molecule has 0 atom stereocenters. The third-order valence-electron chi connectivity index (χ3n) is 4.84. The number of halogens is 3. The summed E-state index contributed by atoms with van der Waals surface area (Å²) in [6, 6.07) is 13.7. The van der Waals surface area contributed by atoms with Crippen molar-refractivity contribution in [3.8, 4) is 0 Å². The third-order valence-corrected chi connectivity index (χ3v) is 6.73. The lowest BCUT2D eigenvalue weighted by molar-refractivity contribution is -0.137. The van der Waals surface area contributed by atoms with E-state index in [1.165, 1.54) is 10.4 Å². The highest BCUT2D eigenvalue weighted by Gasteiger charge is 2.34. The van der Waals surface area contributed by atoms with Crippen LogP contribution >= 0.6 is 0 Å². The van der Waals surface area contributed by atoms with Gasteiger partial charge in [0.15, 0.2) is 0 Å². The lowest BCUT2D eigenvalue weighted by Crippen LogP contribution is -2.39. The molecule has 1 saturated heterocycles. The minimum atomic E-state index is -4.57. The molecule has 1 fully saturated rings. The van der Waals surface area contributed by atoms with Gasteiger partial charge in [-0.1, -0.05) is 36.4 Å². The maximum absolute atomic E-state index is 12.9. The minimum Gasteiger partial charge on any atom is -0.376 e. The third kappa shape index (κ3) is 5.12. The summed E-state index contributed by atoms with van der Waals surface area (Å²) in [4.78, 5) is -0.318. The van der Waals surface area contributed by atoms with Gasteiger partial charge in [-0.15, -0.1) is 0 Å². The Balaban J connectivity index is 1.55. The van der Waals surface area contributed by atoms with Crippen molar-refractivity contribution >= 4 is 10.0 Å². The monoisotopic (exact) mass is 413 g/mol. The highest BCUT2D eigenvalue weighted by atomic mass is 32.2. The van der Waals surface area contributed by atoms with E-state index in [1.807, 2.05) is 30.3 Å². The number of hydrogen-bond acceptors (Lipinski definition) is 3. The molecular weight excluding hydrogens is 391 g/mol. The molecule has 2 aromatic carbocycles. The molecule has 2 aromatic rings. The predicted octanol–water partition coefficient (Wildman–Crippen LogP) is 4.32. The molecule has 0 spiro atoms. The van der Waals surface area contributed by atoms with Crippen LogP contribution in [0.25, 0.3) is 0 Å². The Kier molecular flexibility index (Phi) is 6.42. The fourth-order valence-electron chi connectivity index (χ4n) is 3.22. The Morgan fingerprint density at radius 3 is 2.32 bits per heavy atom. The first-order valence-corrected chi connectivity index (χ1v) is 10.5. The second kappa shape index (κ2) is 8.63. The average Bonchev–Trinajstić information content (AvgIpc) is 2.69. The van der Waals surface area contributed by atoms with Gasteiger partial charge < -0.3 is 4.74 Å². The molecule has 8 heteroatoms. The van der Waals surface area contributed by atoms with Crippen molar-refractivity contribution in [2.45, 2.75) is 30.5 Å². The van der Waals surface area contributed by atoms with Gasteiger partial charge in [-0.05, 0) is 42.5 Å². The molecule has 0 N–H and O–H groups in total. The Morgan fingerprint density at radius 2 is 1.68 bits per heavy atom. The van der Waals surface area contributed by atoms with Gasteiger partial charge in [-0.2, -0.15) is 17.5 Å². The van der Waals surface area contributed by atoms with E-state index in [0.29, 0.717) is 32.1 Å². The van der Waals surface area contributed by atoms with Crippen molar-refractivity contribution < 1.29 is 26.3 Å². The average molecular weight is 413 g/mol. The molecule has 1 aliphatic rings. The van der Waals surface area contributed by atoms with Crippen LogP contribution in [-0.2, 0) is 27.5 Å². The normalized spacial score (nSPS) is 17.0. The molecule has 1 aliphatic heterocycles. The maximum Gasteiger partial charge on any atom is 0.416 e. The van der Waals surface area contributed by atoms with Crippen LogP contribution in [0.2, 0.25) is 0 Å². The van der Waals surface area contributed by atoms with Gasteiger partial charge in [0.1, 0.15) is 0 Å². The van der Waals surface area contributed by atoms with Crippen LogP contribution in [-0.4, -0.2) is 32.4 Å². The summed E-state index contributed by atoms with van der Waals surface area (Å²) < 4.78 is 71.0. The van der Waals surface area contributed by atoms with E-state index in [9.17, 15) is 21.6 Å². The number of piperidine rings is 1. The standard InChI is InChI=1S/C20H22F3NO3S/c21-20(22,23)18-7-4-8-19(13-18)28(25,26)24-11-9-17(10-12-24)15-27-14-16-5-2-1-3-6-16/h1-8,13,17H,9-12,14-15H2. The van der Waals surface area contributed by atoms with Crippen LogP contribution in [0, 0.1) is 5.92 Å². The highest BCUT2D eigenvalue weighted by Crippen LogP contribution is 2.32. The zero-order valence-corrected chi connectivity index (χ0v) is 16.0. The summed E-state index contributed by atoms with van der Waals surface area (Å²) in [5, 5.41) is 0. The first kappa shape index (κ1) is 20.8. The van der Waals surface area contributed by atoms with E-state index >= 15 is 0 Å². The molecule has 4 nitrogen and oxygen atoms in total. The predicted molar refractivity (Wildman–Crippen MR) is 99.0 cm³/mol. The number of ether oxygens (including phenoxy) is 1. The molecule has 0 aromatic heterocycles. The minimum absolute atomic E-state index is 0.233. The van der Waals surface area contributed by atoms with Crippen LogP contribution in [0.15, 0.2) is 59.5 Å². The first-order valence-electron chi connectivity index (χ1n) is 9.06. The summed E-state index contributed by atoms with van der Waals surface area (Å²) >= 11 is 0. The molecule has 0 bridgehead atoms. The van der Waals surface area contributed by atoms with Crippen LogP contribution in [0.5, 0.6) is 0 Å². The maximum atomic E-state index is 12.9. The lowest BCUT2D eigenvalue weighted by Gasteiger charge is -2.31. The Morgan fingerprint density at radius 1 is 1.00 bits per heavy atom. The molecule has 0 aliphatic carbocycles. The fourth-order valence-corrected chi connectivity index (χ4v) is 4.73. The van der Waals surface area contributed by atoms with Crippen molar-refractivity contribution in [3.63, 3.8) is 0 Å². The van der Waals surface area contributed by atoms with Gasteiger partial charge in [0, 0.05) is 19.7 Å². The van der Waals surface area contributed by atoms with Gasteiger partial charge in [-0.25, -0.2) is 8.42 Å². The summed E-state index contributed by atoms with van der Waals surface area (Å²) in [7, 11) is -3.94. The highest BCUT2D eigenvalue weighted by molar-refractivity contribution is 7.89. The second-order valence-corrected chi connectivity index (χ2v) is 8.81. The largest absolute Gasteiger partial charge is 0.416 e.